The number of carbonyl (C=O) groups is 2. The number of hydrogen-bond donors (Lipinski definition) is 1. The van der Waals surface area contributed by atoms with Crippen LogP contribution < -0.4 is 5.32 Å². The quantitative estimate of drug-likeness (QED) is 0.668. The summed E-state index contributed by atoms with van der Waals surface area (Å²) in [5, 5.41) is 2.76. The molecular weight excluding hydrogens is 266 g/mol. The van der Waals surface area contributed by atoms with Crippen LogP contribution in [0.1, 0.15) is 30.4 Å². The zero-order valence-electron chi connectivity index (χ0n) is 12.5. The smallest absolute Gasteiger partial charge is 0.306 e. The Kier molecular flexibility index (Phi) is 5.14. The van der Waals surface area contributed by atoms with Crippen molar-refractivity contribution in [2.45, 2.75) is 33.1 Å². The minimum atomic E-state index is -0.317. The number of anilines is 1. The van der Waals surface area contributed by atoms with Crippen molar-refractivity contribution in [1.29, 1.82) is 0 Å². The SMILES string of the molecule is Cc1ccc(NC(=O)COC(=O)C[C@@H]2C=CCC2)c(C)c1. The molecular formula is C17H21NO3. The Labute approximate surface area is 125 Å². The summed E-state index contributed by atoms with van der Waals surface area (Å²) >= 11 is 0. The fourth-order valence-electron chi connectivity index (χ4n) is 2.42. The molecule has 0 spiro atoms. The fraction of sp³-hybridized carbons (Fsp3) is 0.412. The second kappa shape index (κ2) is 7.07. The van der Waals surface area contributed by atoms with Crippen LogP contribution in [0.3, 0.4) is 0 Å². The second-order valence-corrected chi connectivity index (χ2v) is 5.50. The van der Waals surface area contributed by atoms with Crippen molar-refractivity contribution in [3.05, 3.63) is 41.5 Å². The first-order valence-electron chi connectivity index (χ1n) is 7.24. The van der Waals surface area contributed by atoms with Crippen molar-refractivity contribution in [3.63, 3.8) is 0 Å². The highest BCUT2D eigenvalue weighted by Gasteiger charge is 2.16. The van der Waals surface area contributed by atoms with E-state index in [-0.39, 0.29) is 24.4 Å². The molecule has 0 unspecified atom stereocenters. The molecule has 1 N–H and O–H groups in total. The monoisotopic (exact) mass is 287 g/mol. The Morgan fingerprint density at radius 1 is 1.33 bits per heavy atom. The first kappa shape index (κ1) is 15.3. The molecule has 0 saturated heterocycles. The number of hydrogen-bond acceptors (Lipinski definition) is 3. The van der Waals surface area contributed by atoms with Crippen LogP contribution in [0.25, 0.3) is 0 Å². The maximum absolute atomic E-state index is 11.8. The summed E-state index contributed by atoms with van der Waals surface area (Å²) in [4.78, 5) is 23.4. The lowest BCUT2D eigenvalue weighted by molar-refractivity contribution is -0.147. The van der Waals surface area contributed by atoms with Crippen LogP contribution in [0, 0.1) is 19.8 Å². The largest absolute Gasteiger partial charge is 0.456 e. The highest BCUT2D eigenvalue weighted by atomic mass is 16.5. The molecule has 0 heterocycles. The third kappa shape index (κ3) is 4.74. The molecule has 0 aromatic heterocycles. The predicted octanol–water partition coefficient (Wildman–Crippen LogP) is 3.14. The van der Waals surface area contributed by atoms with Gasteiger partial charge in [0.2, 0.25) is 0 Å². The van der Waals surface area contributed by atoms with Gasteiger partial charge in [0, 0.05) is 5.69 Å². The molecule has 4 heteroatoms. The summed E-state index contributed by atoms with van der Waals surface area (Å²) in [6.07, 6.45) is 6.48. The van der Waals surface area contributed by atoms with Crippen molar-refractivity contribution in [3.8, 4) is 0 Å². The van der Waals surface area contributed by atoms with Crippen LogP contribution >= 0.6 is 0 Å². The summed E-state index contributed by atoms with van der Waals surface area (Å²) in [7, 11) is 0. The van der Waals surface area contributed by atoms with E-state index in [2.05, 4.69) is 11.4 Å². The van der Waals surface area contributed by atoms with Gasteiger partial charge in [-0.1, -0.05) is 29.8 Å². The van der Waals surface area contributed by atoms with Crippen LogP contribution in [-0.2, 0) is 14.3 Å². The zero-order valence-corrected chi connectivity index (χ0v) is 12.5. The standard InChI is InChI=1S/C17H21NO3/c1-12-7-8-15(13(2)9-12)18-16(19)11-21-17(20)10-14-5-3-4-6-14/h3,5,7-9,14H,4,6,10-11H2,1-2H3,(H,18,19)/t14-/m1/s1. The van der Waals surface area contributed by atoms with Crippen molar-refractivity contribution < 1.29 is 14.3 Å². The van der Waals surface area contributed by atoms with E-state index in [4.69, 9.17) is 4.74 Å². The van der Waals surface area contributed by atoms with Crippen molar-refractivity contribution in [1.82, 2.24) is 0 Å². The molecule has 4 nitrogen and oxygen atoms in total. The van der Waals surface area contributed by atoms with Gasteiger partial charge in [-0.05, 0) is 44.2 Å². The Hall–Kier alpha value is -2.10. The van der Waals surface area contributed by atoms with Crippen LogP contribution in [0.15, 0.2) is 30.4 Å². The molecule has 0 radical (unpaired) electrons. The molecule has 2 rings (SSSR count). The summed E-state index contributed by atoms with van der Waals surface area (Å²) in [6.45, 7) is 3.70. The average Bonchev–Trinajstić information content (AvgIpc) is 2.92. The molecule has 1 atom stereocenters. The molecule has 1 aliphatic carbocycles. The number of esters is 1. The topological polar surface area (TPSA) is 55.4 Å². The highest BCUT2D eigenvalue weighted by Crippen LogP contribution is 2.20. The third-order valence-corrected chi connectivity index (χ3v) is 3.56. The minimum Gasteiger partial charge on any atom is -0.456 e. The number of allylic oxidation sites excluding steroid dienone is 2. The molecule has 1 amide bonds. The lowest BCUT2D eigenvalue weighted by atomic mass is 10.1. The summed E-state index contributed by atoms with van der Waals surface area (Å²) in [5.41, 5.74) is 2.88. The maximum atomic E-state index is 11.8. The predicted molar refractivity (Wildman–Crippen MR) is 82.0 cm³/mol. The van der Waals surface area contributed by atoms with Crippen LogP contribution in [0.5, 0.6) is 0 Å². The highest BCUT2D eigenvalue weighted by molar-refractivity contribution is 5.93. The molecule has 0 fully saturated rings. The zero-order chi connectivity index (χ0) is 15.2. The molecule has 0 saturated carbocycles. The Morgan fingerprint density at radius 2 is 2.14 bits per heavy atom. The molecule has 0 bridgehead atoms. The molecule has 21 heavy (non-hydrogen) atoms. The third-order valence-electron chi connectivity index (χ3n) is 3.56. The molecule has 112 valence electrons. The first-order chi connectivity index (χ1) is 10.0. The van der Waals surface area contributed by atoms with Gasteiger partial charge >= 0.3 is 5.97 Å². The van der Waals surface area contributed by atoms with Gasteiger partial charge in [-0.15, -0.1) is 0 Å². The van der Waals surface area contributed by atoms with Gasteiger partial charge in [0.05, 0.1) is 6.42 Å². The number of amides is 1. The molecule has 1 aromatic carbocycles. The van der Waals surface area contributed by atoms with Crippen molar-refractivity contribution >= 4 is 17.6 Å². The van der Waals surface area contributed by atoms with Gasteiger partial charge in [-0.3, -0.25) is 9.59 Å². The summed E-state index contributed by atoms with van der Waals surface area (Å²) in [6, 6.07) is 5.78. The van der Waals surface area contributed by atoms with E-state index in [1.54, 1.807) is 0 Å². The van der Waals surface area contributed by atoms with Crippen LogP contribution in [-0.4, -0.2) is 18.5 Å². The number of carbonyl (C=O) groups excluding carboxylic acids is 2. The van der Waals surface area contributed by atoms with E-state index in [0.717, 1.165) is 29.7 Å². The minimum absolute atomic E-state index is 0.234. The van der Waals surface area contributed by atoms with E-state index in [1.807, 2.05) is 38.1 Å². The van der Waals surface area contributed by atoms with Gasteiger partial charge in [0.25, 0.3) is 5.91 Å². The number of ether oxygens (including phenoxy) is 1. The fourth-order valence-corrected chi connectivity index (χ4v) is 2.42. The number of rotatable bonds is 5. The van der Waals surface area contributed by atoms with E-state index in [0.29, 0.717) is 6.42 Å². The Morgan fingerprint density at radius 3 is 2.81 bits per heavy atom. The van der Waals surface area contributed by atoms with Crippen molar-refractivity contribution in [2.24, 2.45) is 5.92 Å². The van der Waals surface area contributed by atoms with E-state index < -0.39 is 0 Å². The van der Waals surface area contributed by atoms with Gasteiger partial charge in [-0.2, -0.15) is 0 Å². The first-order valence-corrected chi connectivity index (χ1v) is 7.24. The molecule has 1 aliphatic rings. The van der Waals surface area contributed by atoms with Gasteiger partial charge in [0.1, 0.15) is 0 Å². The maximum Gasteiger partial charge on any atom is 0.306 e. The summed E-state index contributed by atoms with van der Waals surface area (Å²) in [5.74, 6) is -0.362. The van der Waals surface area contributed by atoms with Gasteiger partial charge in [0.15, 0.2) is 6.61 Å². The lowest BCUT2D eigenvalue weighted by Gasteiger charge is -2.10. The molecule has 0 aliphatic heterocycles. The number of nitrogens with one attached hydrogen (secondary N) is 1. The average molecular weight is 287 g/mol. The number of benzene rings is 1. The van der Waals surface area contributed by atoms with E-state index >= 15 is 0 Å². The Balaban J connectivity index is 1.76. The Bertz CT molecular complexity index is 563. The normalized spacial score (nSPS) is 16.8. The van der Waals surface area contributed by atoms with Crippen LogP contribution in [0.2, 0.25) is 0 Å². The van der Waals surface area contributed by atoms with Crippen LogP contribution in [0.4, 0.5) is 5.69 Å². The lowest BCUT2D eigenvalue weighted by Crippen LogP contribution is -2.22. The second-order valence-electron chi connectivity index (χ2n) is 5.50. The molecule has 1 aromatic rings. The van der Waals surface area contributed by atoms with E-state index in [9.17, 15) is 9.59 Å². The van der Waals surface area contributed by atoms with Gasteiger partial charge < -0.3 is 10.1 Å². The summed E-state index contributed by atoms with van der Waals surface area (Å²) < 4.78 is 5.02. The van der Waals surface area contributed by atoms with E-state index in [1.165, 1.54) is 0 Å². The number of aryl methyl sites for hydroxylation is 2. The van der Waals surface area contributed by atoms with Crippen molar-refractivity contribution in [2.75, 3.05) is 11.9 Å². The van der Waals surface area contributed by atoms with Gasteiger partial charge in [-0.25, -0.2) is 0 Å².